The SMILES string of the molecule is CN(C)C(=O)/C(=C/c1c[nH]c2ncccc12)c1ccccc1. The van der Waals surface area contributed by atoms with E-state index >= 15 is 0 Å². The fourth-order valence-electron chi connectivity index (χ4n) is 2.38. The van der Waals surface area contributed by atoms with Gasteiger partial charge in [-0.2, -0.15) is 0 Å². The van der Waals surface area contributed by atoms with Gasteiger partial charge in [0.1, 0.15) is 5.65 Å². The molecule has 0 bridgehead atoms. The molecule has 3 aromatic rings. The van der Waals surface area contributed by atoms with Crippen LogP contribution in [-0.2, 0) is 4.79 Å². The molecule has 3 rings (SSSR count). The van der Waals surface area contributed by atoms with Crippen LogP contribution in [0.15, 0.2) is 54.9 Å². The third-order valence-corrected chi connectivity index (χ3v) is 3.50. The second kappa shape index (κ2) is 5.85. The van der Waals surface area contributed by atoms with Crippen molar-refractivity contribution in [2.24, 2.45) is 0 Å². The van der Waals surface area contributed by atoms with E-state index in [1.807, 2.05) is 54.7 Å². The smallest absolute Gasteiger partial charge is 0.253 e. The number of fused-ring (bicyclic) bond motifs is 1. The van der Waals surface area contributed by atoms with Gasteiger partial charge in [0, 0.05) is 43.0 Å². The van der Waals surface area contributed by atoms with Crippen molar-refractivity contribution in [1.82, 2.24) is 14.9 Å². The van der Waals surface area contributed by atoms with Gasteiger partial charge < -0.3 is 9.88 Å². The van der Waals surface area contributed by atoms with E-state index in [1.54, 1.807) is 25.2 Å². The molecule has 4 nitrogen and oxygen atoms in total. The predicted molar refractivity (Wildman–Crippen MR) is 89.1 cm³/mol. The zero-order chi connectivity index (χ0) is 15.5. The van der Waals surface area contributed by atoms with E-state index in [1.165, 1.54) is 0 Å². The average molecular weight is 291 g/mol. The maximum absolute atomic E-state index is 12.5. The highest BCUT2D eigenvalue weighted by Crippen LogP contribution is 2.24. The van der Waals surface area contributed by atoms with Crippen molar-refractivity contribution < 1.29 is 4.79 Å². The van der Waals surface area contributed by atoms with Crippen molar-refractivity contribution >= 4 is 28.6 Å². The summed E-state index contributed by atoms with van der Waals surface area (Å²) in [6, 6.07) is 13.6. The molecule has 0 saturated heterocycles. The number of nitrogens with one attached hydrogen (secondary N) is 1. The number of hydrogen-bond acceptors (Lipinski definition) is 2. The number of nitrogens with zero attached hydrogens (tertiary/aromatic N) is 2. The second-order valence-electron chi connectivity index (χ2n) is 5.27. The number of pyridine rings is 1. The molecule has 0 unspecified atom stereocenters. The van der Waals surface area contributed by atoms with Crippen LogP contribution in [-0.4, -0.2) is 34.9 Å². The minimum absolute atomic E-state index is 0.0237. The summed E-state index contributed by atoms with van der Waals surface area (Å²) < 4.78 is 0. The molecule has 0 atom stereocenters. The van der Waals surface area contributed by atoms with Crippen LogP contribution in [0, 0.1) is 0 Å². The number of carbonyl (C=O) groups excluding carboxylic acids is 1. The summed E-state index contributed by atoms with van der Waals surface area (Å²) in [5.41, 5.74) is 3.34. The first kappa shape index (κ1) is 14.1. The summed E-state index contributed by atoms with van der Waals surface area (Å²) in [4.78, 5) is 21.5. The fourth-order valence-corrected chi connectivity index (χ4v) is 2.38. The van der Waals surface area contributed by atoms with E-state index < -0.39 is 0 Å². The Balaban J connectivity index is 2.15. The van der Waals surface area contributed by atoms with Crippen molar-refractivity contribution in [2.45, 2.75) is 0 Å². The lowest BCUT2D eigenvalue weighted by Gasteiger charge is -2.14. The number of carbonyl (C=O) groups is 1. The van der Waals surface area contributed by atoms with Crippen molar-refractivity contribution in [2.75, 3.05) is 14.1 Å². The molecule has 0 aliphatic heterocycles. The zero-order valence-corrected chi connectivity index (χ0v) is 12.6. The van der Waals surface area contributed by atoms with Gasteiger partial charge in [-0.1, -0.05) is 30.3 Å². The second-order valence-corrected chi connectivity index (χ2v) is 5.27. The Labute approximate surface area is 129 Å². The molecule has 2 heterocycles. The number of H-pyrrole nitrogens is 1. The molecular weight excluding hydrogens is 274 g/mol. The first-order valence-electron chi connectivity index (χ1n) is 7.07. The summed E-state index contributed by atoms with van der Waals surface area (Å²) in [5.74, 6) is -0.0237. The third kappa shape index (κ3) is 2.63. The summed E-state index contributed by atoms with van der Waals surface area (Å²) >= 11 is 0. The number of hydrogen-bond donors (Lipinski definition) is 1. The number of benzene rings is 1. The topological polar surface area (TPSA) is 49.0 Å². The summed E-state index contributed by atoms with van der Waals surface area (Å²) in [6.07, 6.45) is 5.54. The third-order valence-electron chi connectivity index (χ3n) is 3.50. The van der Waals surface area contributed by atoms with Crippen LogP contribution >= 0.6 is 0 Å². The Hall–Kier alpha value is -2.88. The van der Waals surface area contributed by atoms with E-state index in [0.29, 0.717) is 5.57 Å². The van der Waals surface area contributed by atoms with Gasteiger partial charge in [-0.15, -0.1) is 0 Å². The highest BCUT2D eigenvalue weighted by Gasteiger charge is 2.15. The molecule has 22 heavy (non-hydrogen) atoms. The zero-order valence-electron chi connectivity index (χ0n) is 12.6. The van der Waals surface area contributed by atoms with Crippen molar-refractivity contribution in [3.8, 4) is 0 Å². The molecule has 1 N–H and O–H groups in total. The Bertz CT molecular complexity index is 832. The molecule has 110 valence electrons. The van der Waals surface area contributed by atoms with Gasteiger partial charge in [0.05, 0.1) is 0 Å². The molecule has 0 radical (unpaired) electrons. The van der Waals surface area contributed by atoms with Crippen LogP contribution in [0.3, 0.4) is 0 Å². The molecule has 1 amide bonds. The van der Waals surface area contributed by atoms with Crippen LogP contribution in [0.2, 0.25) is 0 Å². The van der Waals surface area contributed by atoms with Gasteiger partial charge in [0.15, 0.2) is 0 Å². The quantitative estimate of drug-likeness (QED) is 0.753. The van der Waals surface area contributed by atoms with E-state index in [0.717, 1.165) is 22.2 Å². The lowest BCUT2D eigenvalue weighted by Crippen LogP contribution is -2.22. The first-order chi connectivity index (χ1) is 10.7. The fraction of sp³-hybridized carbons (Fsp3) is 0.111. The Kier molecular flexibility index (Phi) is 3.74. The van der Waals surface area contributed by atoms with Crippen molar-refractivity contribution in [3.05, 3.63) is 66.0 Å². The Morgan fingerprint density at radius 3 is 2.64 bits per heavy atom. The van der Waals surface area contributed by atoms with Gasteiger partial charge in [0.25, 0.3) is 5.91 Å². The molecule has 2 aromatic heterocycles. The Morgan fingerprint density at radius 1 is 1.14 bits per heavy atom. The first-order valence-corrected chi connectivity index (χ1v) is 7.07. The molecule has 0 fully saturated rings. The van der Waals surface area contributed by atoms with E-state index in [4.69, 9.17) is 0 Å². The lowest BCUT2D eigenvalue weighted by molar-refractivity contribution is -0.122. The normalized spacial score (nSPS) is 11.6. The van der Waals surface area contributed by atoms with E-state index in [9.17, 15) is 4.79 Å². The average Bonchev–Trinajstić information content (AvgIpc) is 2.96. The number of amides is 1. The van der Waals surface area contributed by atoms with E-state index in [-0.39, 0.29) is 5.91 Å². The monoisotopic (exact) mass is 291 g/mol. The maximum atomic E-state index is 12.5. The molecule has 4 heteroatoms. The minimum Gasteiger partial charge on any atom is -0.346 e. The van der Waals surface area contributed by atoms with Gasteiger partial charge in [-0.05, 0) is 23.8 Å². The van der Waals surface area contributed by atoms with Gasteiger partial charge in [-0.25, -0.2) is 4.98 Å². The highest BCUT2D eigenvalue weighted by atomic mass is 16.2. The van der Waals surface area contributed by atoms with Gasteiger partial charge in [0.2, 0.25) is 0 Å². The largest absolute Gasteiger partial charge is 0.346 e. The number of likely N-dealkylation sites (N-methyl/N-ethyl adjacent to an activating group) is 1. The van der Waals surface area contributed by atoms with Gasteiger partial charge >= 0.3 is 0 Å². The summed E-state index contributed by atoms with van der Waals surface area (Å²) in [6.45, 7) is 0. The molecule has 0 aliphatic carbocycles. The van der Waals surface area contributed by atoms with Crippen LogP contribution in [0.5, 0.6) is 0 Å². The molecule has 0 spiro atoms. The van der Waals surface area contributed by atoms with Crippen molar-refractivity contribution in [1.29, 1.82) is 0 Å². The number of aromatic nitrogens is 2. The molecule has 1 aromatic carbocycles. The maximum Gasteiger partial charge on any atom is 0.253 e. The lowest BCUT2D eigenvalue weighted by atomic mass is 10.0. The van der Waals surface area contributed by atoms with Gasteiger partial charge in [-0.3, -0.25) is 4.79 Å². The highest BCUT2D eigenvalue weighted by molar-refractivity contribution is 6.24. The molecule has 0 aliphatic rings. The van der Waals surface area contributed by atoms with Crippen LogP contribution in [0.1, 0.15) is 11.1 Å². The molecular formula is C18H17N3O. The van der Waals surface area contributed by atoms with Crippen LogP contribution in [0.25, 0.3) is 22.7 Å². The number of aromatic amines is 1. The van der Waals surface area contributed by atoms with E-state index in [2.05, 4.69) is 9.97 Å². The summed E-state index contributed by atoms with van der Waals surface area (Å²) in [5, 5.41) is 1.00. The molecule has 0 saturated carbocycles. The Morgan fingerprint density at radius 2 is 1.91 bits per heavy atom. The number of rotatable bonds is 3. The predicted octanol–water partition coefficient (Wildman–Crippen LogP) is 3.19. The van der Waals surface area contributed by atoms with Crippen LogP contribution < -0.4 is 0 Å². The van der Waals surface area contributed by atoms with Crippen LogP contribution in [0.4, 0.5) is 0 Å². The standard InChI is InChI=1S/C18H17N3O/c1-21(2)18(22)16(13-7-4-3-5-8-13)11-14-12-20-17-15(14)9-6-10-19-17/h3-12H,1-2H3,(H,19,20)/b16-11+. The van der Waals surface area contributed by atoms with Crippen molar-refractivity contribution in [3.63, 3.8) is 0 Å². The minimum atomic E-state index is -0.0237. The summed E-state index contributed by atoms with van der Waals surface area (Å²) in [7, 11) is 3.52.